The van der Waals surface area contributed by atoms with Gasteiger partial charge in [0.1, 0.15) is 12.3 Å². The van der Waals surface area contributed by atoms with Crippen molar-refractivity contribution in [2.24, 2.45) is 0 Å². The van der Waals surface area contributed by atoms with Gasteiger partial charge in [-0.3, -0.25) is 4.84 Å². The Hall–Kier alpha value is -0.345. The van der Waals surface area contributed by atoms with Crippen LogP contribution in [0.25, 0.3) is 0 Å². The van der Waals surface area contributed by atoms with Gasteiger partial charge in [-0.2, -0.15) is 0 Å². The molecule has 2 radical (unpaired) electrons. The van der Waals surface area contributed by atoms with Gasteiger partial charge >= 0.3 is 0 Å². The second-order valence-corrected chi connectivity index (χ2v) is 0.959. The maximum absolute atomic E-state index is 9.82. The maximum Gasteiger partial charge on any atom is 0.171 e. The molecule has 0 aliphatic rings. The Kier molecular flexibility index (Phi) is 3.64. The lowest BCUT2D eigenvalue weighted by Gasteiger charge is -1.93. The third kappa shape index (κ3) is 5.65. The van der Waals surface area contributed by atoms with E-state index in [0.29, 0.717) is 0 Å². The van der Waals surface area contributed by atoms with Gasteiger partial charge in [0, 0.05) is 7.05 Å². The summed E-state index contributed by atoms with van der Waals surface area (Å²) in [7, 11) is 6.23. The SMILES string of the molecule is [B]C(=O)CONC. The minimum atomic E-state index is -0.477. The molecule has 0 atom stereocenters. The lowest BCUT2D eigenvalue weighted by Crippen LogP contribution is -2.15. The van der Waals surface area contributed by atoms with Crippen LogP contribution in [-0.4, -0.2) is 27.2 Å². The number of carbonyl (C=O) groups excluding carboxylic acids is 1. The molecule has 38 valence electrons. The fourth-order valence-corrected chi connectivity index (χ4v) is 0.143. The third-order valence-corrected chi connectivity index (χ3v) is 0.359. The first-order valence-electron chi connectivity index (χ1n) is 1.84. The number of nitrogens with one attached hydrogen (secondary N) is 1. The molecule has 0 saturated heterocycles. The van der Waals surface area contributed by atoms with E-state index in [1.165, 1.54) is 0 Å². The van der Waals surface area contributed by atoms with Crippen LogP contribution < -0.4 is 5.48 Å². The highest BCUT2D eigenvalue weighted by Crippen LogP contribution is 1.61. The van der Waals surface area contributed by atoms with Crippen molar-refractivity contribution in [3.8, 4) is 0 Å². The molecule has 0 aromatic rings. The summed E-state index contributed by atoms with van der Waals surface area (Å²) >= 11 is 0. The number of hydroxylamine groups is 1. The topological polar surface area (TPSA) is 38.3 Å². The van der Waals surface area contributed by atoms with E-state index in [1.54, 1.807) is 7.05 Å². The third-order valence-electron chi connectivity index (χ3n) is 0.359. The van der Waals surface area contributed by atoms with Crippen LogP contribution in [0.15, 0.2) is 0 Å². The molecule has 0 spiro atoms. The molecular weight excluding hydrogens is 92.8 g/mol. The van der Waals surface area contributed by atoms with E-state index in [4.69, 9.17) is 0 Å². The van der Waals surface area contributed by atoms with Crippen LogP contribution >= 0.6 is 0 Å². The predicted molar refractivity (Wildman–Crippen MR) is 25.8 cm³/mol. The number of rotatable bonds is 3. The summed E-state index contributed by atoms with van der Waals surface area (Å²) in [5, 5.41) is 0. The van der Waals surface area contributed by atoms with E-state index in [1.807, 2.05) is 0 Å². The van der Waals surface area contributed by atoms with Gasteiger partial charge in [-0.25, -0.2) is 5.48 Å². The Morgan fingerprint density at radius 2 is 2.57 bits per heavy atom. The second-order valence-electron chi connectivity index (χ2n) is 0.959. The number of hydrogen-bond donors (Lipinski definition) is 1. The van der Waals surface area contributed by atoms with Crippen molar-refractivity contribution in [1.82, 2.24) is 5.48 Å². The molecule has 0 amide bonds. The minimum Gasteiger partial charge on any atom is -0.310 e. The maximum atomic E-state index is 9.82. The smallest absolute Gasteiger partial charge is 0.171 e. The van der Waals surface area contributed by atoms with E-state index in [-0.39, 0.29) is 6.61 Å². The molecule has 0 aliphatic heterocycles. The largest absolute Gasteiger partial charge is 0.310 e. The van der Waals surface area contributed by atoms with Gasteiger partial charge in [0.05, 0.1) is 0 Å². The molecule has 0 unspecified atom stereocenters. The summed E-state index contributed by atoms with van der Waals surface area (Å²) < 4.78 is 0. The molecule has 7 heavy (non-hydrogen) atoms. The highest BCUT2D eigenvalue weighted by atomic mass is 16.6. The quantitative estimate of drug-likeness (QED) is 0.358. The Balaban J connectivity index is 2.82. The highest BCUT2D eigenvalue weighted by molar-refractivity contribution is 6.58. The number of hydrogen-bond acceptors (Lipinski definition) is 3. The molecule has 0 bridgehead atoms. The van der Waals surface area contributed by atoms with E-state index in [2.05, 4.69) is 18.2 Å². The number of carbonyl (C=O) groups is 1. The van der Waals surface area contributed by atoms with Gasteiger partial charge in [0.15, 0.2) is 7.85 Å². The molecule has 0 rings (SSSR count). The van der Waals surface area contributed by atoms with Crippen molar-refractivity contribution in [3.05, 3.63) is 0 Å². The first kappa shape index (κ1) is 6.65. The highest BCUT2D eigenvalue weighted by Gasteiger charge is 1.86. The zero-order valence-electron chi connectivity index (χ0n) is 4.10. The summed E-state index contributed by atoms with van der Waals surface area (Å²) in [5.74, 6) is 0. The molecule has 0 aliphatic carbocycles. The molecular formula is C3H6BNO2. The zero-order valence-corrected chi connectivity index (χ0v) is 4.10. The van der Waals surface area contributed by atoms with Crippen LogP contribution in [-0.2, 0) is 9.63 Å². The van der Waals surface area contributed by atoms with Crippen molar-refractivity contribution in [2.45, 2.75) is 0 Å². The lowest BCUT2D eigenvalue weighted by molar-refractivity contribution is -0.118. The lowest BCUT2D eigenvalue weighted by atomic mass is 10.1. The van der Waals surface area contributed by atoms with Crippen molar-refractivity contribution < 1.29 is 9.63 Å². The van der Waals surface area contributed by atoms with Crippen molar-refractivity contribution >= 4 is 13.5 Å². The standard InChI is InChI=1S/C3H6BNO2/c1-5-7-2-3(4)6/h5H,2H2,1H3. The molecule has 0 saturated carbocycles. The molecule has 4 heteroatoms. The molecule has 0 aromatic heterocycles. The van der Waals surface area contributed by atoms with E-state index in [9.17, 15) is 4.79 Å². The van der Waals surface area contributed by atoms with Gasteiger partial charge in [-0.15, -0.1) is 0 Å². The molecule has 0 heterocycles. The van der Waals surface area contributed by atoms with E-state index >= 15 is 0 Å². The summed E-state index contributed by atoms with van der Waals surface area (Å²) in [4.78, 5) is 14.2. The van der Waals surface area contributed by atoms with E-state index in [0.717, 1.165) is 0 Å². The van der Waals surface area contributed by atoms with Crippen molar-refractivity contribution in [3.63, 3.8) is 0 Å². The first-order valence-corrected chi connectivity index (χ1v) is 1.84. The van der Waals surface area contributed by atoms with Crippen LogP contribution in [0, 0.1) is 0 Å². The van der Waals surface area contributed by atoms with Crippen LogP contribution in [0.2, 0.25) is 0 Å². The normalized spacial score (nSPS) is 8.71. The Bertz CT molecular complexity index is 66.0. The Morgan fingerprint density at radius 3 is 2.71 bits per heavy atom. The summed E-state index contributed by atoms with van der Waals surface area (Å²) in [6, 6.07) is 0. The fourth-order valence-electron chi connectivity index (χ4n) is 0.143. The Morgan fingerprint density at radius 1 is 2.00 bits per heavy atom. The monoisotopic (exact) mass is 99.0 g/mol. The van der Waals surface area contributed by atoms with Crippen molar-refractivity contribution in [1.29, 1.82) is 0 Å². The molecule has 0 fully saturated rings. The van der Waals surface area contributed by atoms with Crippen LogP contribution in [0.1, 0.15) is 0 Å². The molecule has 0 aromatic carbocycles. The average molecular weight is 98.9 g/mol. The predicted octanol–water partition coefficient (Wildman–Crippen LogP) is -1.17. The van der Waals surface area contributed by atoms with Gasteiger partial charge < -0.3 is 4.79 Å². The van der Waals surface area contributed by atoms with Gasteiger partial charge in [-0.05, 0) is 0 Å². The van der Waals surface area contributed by atoms with Crippen molar-refractivity contribution in [2.75, 3.05) is 13.7 Å². The van der Waals surface area contributed by atoms with Crippen LogP contribution in [0.4, 0.5) is 0 Å². The average Bonchev–Trinajstić information content (AvgIpc) is 1.61. The van der Waals surface area contributed by atoms with Gasteiger partial charge in [0.25, 0.3) is 0 Å². The van der Waals surface area contributed by atoms with E-state index < -0.39 is 5.68 Å². The second kappa shape index (κ2) is 3.83. The van der Waals surface area contributed by atoms with Gasteiger partial charge in [-0.1, -0.05) is 0 Å². The molecule has 1 N–H and O–H groups in total. The summed E-state index contributed by atoms with van der Waals surface area (Å²) in [5.41, 5.74) is 1.82. The fraction of sp³-hybridized carbons (Fsp3) is 0.667. The van der Waals surface area contributed by atoms with Gasteiger partial charge in [0.2, 0.25) is 0 Å². The molecule has 3 nitrogen and oxygen atoms in total. The van der Waals surface area contributed by atoms with Crippen LogP contribution in [0.3, 0.4) is 0 Å². The minimum absolute atomic E-state index is 0.0729. The zero-order chi connectivity index (χ0) is 5.70. The summed E-state index contributed by atoms with van der Waals surface area (Å²) in [6.45, 7) is -0.0729. The Labute approximate surface area is 43.4 Å². The summed E-state index contributed by atoms with van der Waals surface area (Å²) in [6.07, 6.45) is 0. The van der Waals surface area contributed by atoms with Crippen LogP contribution in [0.5, 0.6) is 0 Å². The first-order chi connectivity index (χ1) is 3.27.